The van der Waals surface area contributed by atoms with Gasteiger partial charge < -0.3 is 10.2 Å². The second-order valence-corrected chi connectivity index (χ2v) is 5.09. The molecule has 17 heavy (non-hydrogen) atoms. The number of carboxylic acids is 1. The van der Waals surface area contributed by atoms with Crippen molar-refractivity contribution in [3.63, 3.8) is 0 Å². The molecule has 0 spiro atoms. The fourth-order valence-corrected chi connectivity index (χ4v) is 2.68. The predicted octanol–water partition coefficient (Wildman–Crippen LogP) is -0.0362. The Kier molecular flexibility index (Phi) is 4.22. The van der Waals surface area contributed by atoms with Gasteiger partial charge in [-0.1, -0.05) is 6.07 Å². The van der Waals surface area contributed by atoms with Gasteiger partial charge in [0.1, 0.15) is 0 Å². The lowest BCUT2D eigenvalue weighted by Crippen LogP contribution is -2.27. The molecule has 1 rings (SSSR count). The molecule has 0 amide bonds. The Morgan fingerprint density at radius 3 is 2.59 bits per heavy atom. The van der Waals surface area contributed by atoms with Crippen LogP contribution in [0, 0.1) is 6.92 Å². The average molecular weight is 259 g/mol. The van der Waals surface area contributed by atoms with Crippen molar-refractivity contribution in [3.8, 4) is 0 Å². The maximum absolute atomic E-state index is 11.8. The number of sulfonamides is 1. The quantitative estimate of drug-likeness (QED) is 0.688. The molecule has 0 saturated heterocycles. The number of carboxylic acid groups (broad SMARTS) is 1. The highest BCUT2D eigenvalue weighted by atomic mass is 32.2. The molecule has 0 radical (unpaired) electrons. The molecule has 1 aromatic rings. The minimum absolute atomic E-state index is 0.0585. The zero-order chi connectivity index (χ0) is 13.1. The van der Waals surface area contributed by atoms with E-state index in [-0.39, 0.29) is 29.2 Å². The third-order valence-electron chi connectivity index (χ3n) is 2.21. The summed E-state index contributed by atoms with van der Waals surface area (Å²) in [6.45, 7) is 0.993. The second-order valence-electron chi connectivity index (χ2n) is 3.36. The van der Waals surface area contributed by atoms with Crippen molar-refractivity contribution in [3.05, 3.63) is 29.3 Å². The van der Waals surface area contributed by atoms with Crippen molar-refractivity contribution in [1.82, 2.24) is 4.72 Å². The lowest BCUT2D eigenvalue weighted by Gasteiger charge is -2.10. The van der Waals surface area contributed by atoms with E-state index in [1.807, 2.05) is 0 Å². The number of hydrogen-bond donors (Lipinski definition) is 3. The van der Waals surface area contributed by atoms with Crippen LogP contribution in [-0.2, 0) is 10.0 Å². The highest BCUT2D eigenvalue weighted by Gasteiger charge is 2.19. The van der Waals surface area contributed by atoms with Crippen molar-refractivity contribution in [2.24, 2.45) is 0 Å². The van der Waals surface area contributed by atoms with Crippen molar-refractivity contribution < 1.29 is 23.4 Å². The summed E-state index contributed by atoms with van der Waals surface area (Å²) in [6, 6.07) is 4.02. The normalized spacial score (nSPS) is 11.4. The topological polar surface area (TPSA) is 104 Å². The lowest BCUT2D eigenvalue weighted by molar-refractivity contribution is 0.0696. The Morgan fingerprint density at radius 2 is 2.06 bits per heavy atom. The van der Waals surface area contributed by atoms with Gasteiger partial charge in [-0.3, -0.25) is 0 Å². The molecule has 0 saturated carbocycles. The number of aliphatic hydroxyl groups is 1. The van der Waals surface area contributed by atoms with Crippen LogP contribution in [0.3, 0.4) is 0 Å². The Hall–Kier alpha value is -1.44. The summed E-state index contributed by atoms with van der Waals surface area (Å²) in [5, 5.41) is 17.4. The maximum atomic E-state index is 11.8. The van der Waals surface area contributed by atoms with E-state index in [4.69, 9.17) is 10.2 Å². The first-order valence-electron chi connectivity index (χ1n) is 4.83. The van der Waals surface area contributed by atoms with Crippen LogP contribution in [-0.4, -0.2) is 37.8 Å². The maximum Gasteiger partial charge on any atom is 0.335 e. The van der Waals surface area contributed by atoms with Gasteiger partial charge in [0.2, 0.25) is 10.0 Å². The highest BCUT2D eigenvalue weighted by Crippen LogP contribution is 2.18. The fraction of sp³-hybridized carbons (Fsp3) is 0.300. The van der Waals surface area contributed by atoms with Gasteiger partial charge in [-0.2, -0.15) is 0 Å². The van der Waals surface area contributed by atoms with Gasteiger partial charge >= 0.3 is 5.97 Å². The molecule has 0 aliphatic carbocycles. The molecule has 94 valence electrons. The number of carbonyl (C=O) groups is 1. The molecular weight excluding hydrogens is 246 g/mol. The van der Waals surface area contributed by atoms with E-state index in [0.717, 1.165) is 0 Å². The third kappa shape index (κ3) is 3.02. The monoisotopic (exact) mass is 259 g/mol. The Morgan fingerprint density at radius 1 is 1.41 bits per heavy atom. The number of rotatable bonds is 5. The van der Waals surface area contributed by atoms with Crippen LogP contribution in [0.15, 0.2) is 23.1 Å². The molecule has 7 heteroatoms. The van der Waals surface area contributed by atoms with E-state index in [9.17, 15) is 13.2 Å². The van der Waals surface area contributed by atoms with Crippen LogP contribution in [0.25, 0.3) is 0 Å². The van der Waals surface area contributed by atoms with E-state index in [1.54, 1.807) is 0 Å². The summed E-state index contributed by atoms with van der Waals surface area (Å²) in [6.07, 6.45) is 0. The van der Waals surface area contributed by atoms with Crippen LogP contribution in [0.2, 0.25) is 0 Å². The van der Waals surface area contributed by atoms with Gasteiger partial charge in [-0.05, 0) is 24.6 Å². The number of hydrogen-bond acceptors (Lipinski definition) is 4. The van der Waals surface area contributed by atoms with E-state index in [2.05, 4.69) is 4.72 Å². The van der Waals surface area contributed by atoms with Gasteiger partial charge in [0.25, 0.3) is 0 Å². The average Bonchev–Trinajstić information content (AvgIpc) is 2.26. The van der Waals surface area contributed by atoms with Gasteiger partial charge in [-0.25, -0.2) is 17.9 Å². The molecular formula is C10H13NO5S. The first-order valence-corrected chi connectivity index (χ1v) is 6.32. The summed E-state index contributed by atoms with van der Waals surface area (Å²) in [7, 11) is -3.78. The molecule has 1 aromatic carbocycles. The number of aromatic carboxylic acids is 1. The SMILES string of the molecule is Cc1c(C(=O)O)cccc1S(=O)(=O)NCCO. The van der Waals surface area contributed by atoms with Gasteiger partial charge in [0.15, 0.2) is 0 Å². The molecule has 0 aromatic heterocycles. The lowest BCUT2D eigenvalue weighted by atomic mass is 10.1. The zero-order valence-corrected chi connectivity index (χ0v) is 9.99. The van der Waals surface area contributed by atoms with Crippen molar-refractivity contribution in [2.45, 2.75) is 11.8 Å². The van der Waals surface area contributed by atoms with Crippen molar-refractivity contribution in [2.75, 3.05) is 13.2 Å². The molecule has 0 aliphatic rings. The van der Waals surface area contributed by atoms with Crippen LogP contribution in [0.4, 0.5) is 0 Å². The largest absolute Gasteiger partial charge is 0.478 e. The molecule has 0 aliphatic heterocycles. The van der Waals surface area contributed by atoms with Crippen molar-refractivity contribution >= 4 is 16.0 Å². The number of benzene rings is 1. The minimum atomic E-state index is -3.78. The standard InChI is InChI=1S/C10H13NO5S/c1-7-8(10(13)14)3-2-4-9(7)17(15,16)11-5-6-12/h2-4,11-12H,5-6H2,1H3,(H,13,14). The Bertz CT molecular complexity index is 523. The van der Waals surface area contributed by atoms with Gasteiger partial charge in [0.05, 0.1) is 17.1 Å². The first kappa shape index (κ1) is 13.6. The number of aliphatic hydroxyl groups excluding tert-OH is 1. The van der Waals surface area contributed by atoms with E-state index in [0.29, 0.717) is 0 Å². The van der Waals surface area contributed by atoms with E-state index >= 15 is 0 Å². The first-order chi connectivity index (χ1) is 7.90. The molecule has 6 nitrogen and oxygen atoms in total. The summed E-state index contributed by atoms with van der Waals surface area (Å²) < 4.78 is 25.7. The molecule has 3 N–H and O–H groups in total. The molecule has 0 atom stereocenters. The molecule has 0 fully saturated rings. The predicted molar refractivity (Wildman–Crippen MR) is 60.4 cm³/mol. The smallest absolute Gasteiger partial charge is 0.335 e. The van der Waals surface area contributed by atoms with Crippen molar-refractivity contribution in [1.29, 1.82) is 0 Å². The molecule has 0 bridgehead atoms. The third-order valence-corrected chi connectivity index (χ3v) is 3.81. The summed E-state index contributed by atoms with van der Waals surface area (Å²) in [5.41, 5.74) is 0.113. The highest BCUT2D eigenvalue weighted by molar-refractivity contribution is 7.89. The van der Waals surface area contributed by atoms with Gasteiger partial charge in [-0.15, -0.1) is 0 Å². The van der Waals surface area contributed by atoms with Crippen LogP contribution >= 0.6 is 0 Å². The Balaban J connectivity index is 3.24. The molecule has 0 unspecified atom stereocenters. The zero-order valence-electron chi connectivity index (χ0n) is 9.17. The van der Waals surface area contributed by atoms with E-state index < -0.39 is 16.0 Å². The summed E-state index contributed by atoms with van der Waals surface area (Å²) in [5.74, 6) is -1.18. The minimum Gasteiger partial charge on any atom is -0.478 e. The second kappa shape index (κ2) is 5.26. The van der Waals surface area contributed by atoms with Gasteiger partial charge in [0, 0.05) is 6.54 Å². The Labute approximate surface area is 99.0 Å². The van der Waals surface area contributed by atoms with E-state index in [1.165, 1.54) is 25.1 Å². The number of nitrogens with one attached hydrogen (secondary N) is 1. The van der Waals surface area contributed by atoms with Crippen LogP contribution in [0.1, 0.15) is 15.9 Å². The fourth-order valence-electron chi connectivity index (χ4n) is 1.40. The molecule has 0 heterocycles. The van der Waals surface area contributed by atoms with Crippen LogP contribution < -0.4 is 4.72 Å². The van der Waals surface area contributed by atoms with Crippen LogP contribution in [0.5, 0.6) is 0 Å². The summed E-state index contributed by atoms with van der Waals surface area (Å²) >= 11 is 0. The summed E-state index contributed by atoms with van der Waals surface area (Å²) in [4.78, 5) is 10.8.